The van der Waals surface area contributed by atoms with Gasteiger partial charge in [0.2, 0.25) is 5.28 Å². The summed E-state index contributed by atoms with van der Waals surface area (Å²) in [7, 11) is 0. The van der Waals surface area contributed by atoms with Crippen LogP contribution in [-0.2, 0) is 0 Å². The van der Waals surface area contributed by atoms with Crippen molar-refractivity contribution in [3.05, 3.63) is 35.2 Å². The molecule has 0 N–H and O–H groups in total. The molecule has 0 radical (unpaired) electrons. The summed E-state index contributed by atoms with van der Waals surface area (Å²) < 4.78 is 11.0. The molecule has 2 heterocycles. The predicted molar refractivity (Wildman–Crippen MR) is 73.3 cm³/mol. The fourth-order valence-corrected chi connectivity index (χ4v) is 2.94. The Morgan fingerprint density at radius 1 is 1.11 bits per heavy atom. The molecule has 1 aromatic carbocycles. The van der Waals surface area contributed by atoms with E-state index in [1.165, 1.54) is 11.8 Å². The molecule has 0 unspecified atom stereocenters. The fraction of sp³-hybridized carbons (Fsp3) is 0.231. The van der Waals surface area contributed by atoms with Gasteiger partial charge in [0, 0.05) is 10.6 Å². The van der Waals surface area contributed by atoms with Crippen molar-refractivity contribution >= 4 is 23.4 Å². The van der Waals surface area contributed by atoms with Gasteiger partial charge in [-0.2, -0.15) is 0 Å². The molecule has 0 amide bonds. The van der Waals surface area contributed by atoms with Gasteiger partial charge >= 0.3 is 0 Å². The quantitative estimate of drug-likeness (QED) is 0.628. The highest BCUT2D eigenvalue weighted by Crippen LogP contribution is 2.36. The Kier molecular flexibility index (Phi) is 3.48. The summed E-state index contributed by atoms with van der Waals surface area (Å²) in [5.74, 6) is 1.56. The van der Waals surface area contributed by atoms with Crippen molar-refractivity contribution in [3.63, 3.8) is 0 Å². The van der Waals surface area contributed by atoms with E-state index in [0.29, 0.717) is 13.2 Å². The van der Waals surface area contributed by atoms with Gasteiger partial charge in [-0.3, -0.25) is 0 Å². The van der Waals surface area contributed by atoms with Crippen LogP contribution < -0.4 is 9.47 Å². The van der Waals surface area contributed by atoms with Gasteiger partial charge in [-0.05, 0) is 42.8 Å². The second kappa shape index (κ2) is 5.27. The van der Waals surface area contributed by atoms with E-state index in [9.17, 15) is 0 Å². The molecule has 0 saturated heterocycles. The summed E-state index contributed by atoms with van der Waals surface area (Å²) in [5.41, 5.74) is 0.847. The van der Waals surface area contributed by atoms with Gasteiger partial charge in [-0.25, -0.2) is 9.97 Å². The van der Waals surface area contributed by atoms with E-state index in [-0.39, 0.29) is 5.28 Å². The molecule has 4 nitrogen and oxygen atoms in total. The Hall–Kier alpha value is -1.46. The van der Waals surface area contributed by atoms with Crippen LogP contribution in [-0.4, -0.2) is 23.2 Å². The lowest BCUT2D eigenvalue weighted by Crippen LogP contribution is -2.15. The molecule has 1 aliphatic heterocycles. The molecule has 0 fully saturated rings. The minimum atomic E-state index is 0.264. The Balaban J connectivity index is 1.86. The van der Waals surface area contributed by atoms with Crippen LogP contribution in [0.5, 0.6) is 11.5 Å². The number of benzene rings is 1. The second-order valence-corrected chi connectivity index (χ2v) is 5.46. The third kappa shape index (κ3) is 2.93. The van der Waals surface area contributed by atoms with Crippen LogP contribution >= 0.6 is 23.4 Å². The Bertz CT molecular complexity index is 601. The van der Waals surface area contributed by atoms with Crippen molar-refractivity contribution < 1.29 is 9.47 Å². The molecule has 6 heteroatoms. The lowest BCUT2D eigenvalue weighted by atomic mass is 10.3. The zero-order valence-electron chi connectivity index (χ0n) is 10.2. The fourth-order valence-electron chi connectivity index (χ4n) is 1.76. The third-order valence-electron chi connectivity index (χ3n) is 2.54. The molecule has 0 spiro atoms. The molecule has 19 heavy (non-hydrogen) atoms. The average Bonchev–Trinajstić information content (AvgIpc) is 2.37. The highest BCUT2D eigenvalue weighted by molar-refractivity contribution is 7.99. The van der Waals surface area contributed by atoms with E-state index in [2.05, 4.69) is 9.97 Å². The van der Waals surface area contributed by atoms with Crippen molar-refractivity contribution in [2.45, 2.75) is 16.8 Å². The molecule has 0 aliphatic carbocycles. The van der Waals surface area contributed by atoms with Crippen LogP contribution in [0.3, 0.4) is 0 Å². The molecule has 0 atom stereocenters. The van der Waals surface area contributed by atoms with Crippen molar-refractivity contribution in [2.75, 3.05) is 13.2 Å². The van der Waals surface area contributed by atoms with Gasteiger partial charge in [0.1, 0.15) is 18.2 Å². The summed E-state index contributed by atoms with van der Waals surface area (Å²) in [6.07, 6.45) is 0. The summed E-state index contributed by atoms with van der Waals surface area (Å²) in [6.45, 7) is 3.07. The van der Waals surface area contributed by atoms with E-state index >= 15 is 0 Å². The normalized spacial score (nSPS) is 13.4. The van der Waals surface area contributed by atoms with Gasteiger partial charge in [-0.15, -0.1) is 0 Å². The summed E-state index contributed by atoms with van der Waals surface area (Å²) >= 11 is 7.37. The largest absolute Gasteiger partial charge is 0.486 e. The number of rotatable bonds is 2. The van der Waals surface area contributed by atoms with Gasteiger partial charge in [0.25, 0.3) is 0 Å². The van der Waals surface area contributed by atoms with Crippen molar-refractivity contribution in [2.24, 2.45) is 0 Å². The number of hydrogen-bond acceptors (Lipinski definition) is 5. The highest BCUT2D eigenvalue weighted by Gasteiger charge is 2.12. The average molecular weight is 295 g/mol. The van der Waals surface area contributed by atoms with Gasteiger partial charge in [0.05, 0.1) is 0 Å². The first-order chi connectivity index (χ1) is 9.20. The first-order valence-electron chi connectivity index (χ1n) is 5.79. The number of aromatic nitrogens is 2. The Morgan fingerprint density at radius 3 is 2.68 bits per heavy atom. The molecular formula is C13H11ClN2O2S. The number of fused-ring (bicyclic) bond motifs is 1. The molecule has 1 aliphatic rings. The predicted octanol–water partition coefficient (Wildman–Crippen LogP) is 3.36. The smallest absolute Gasteiger partial charge is 0.223 e. The molecule has 3 rings (SSSR count). The molecule has 2 aromatic rings. The minimum Gasteiger partial charge on any atom is -0.486 e. The standard InChI is InChI=1S/C13H11ClN2O2S/c1-8-6-12(16-13(14)15-8)19-9-2-3-10-11(7-9)18-5-4-17-10/h2-3,6-7H,4-5H2,1H3. The maximum absolute atomic E-state index is 5.85. The van der Waals surface area contributed by atoms with Crippen LogP contribution in [0.1, 0.15) is 5.69 Å². The highest BCUT2D eigenvalue weighted by atomic mass is 35.5. The van der Waals surface area contributed by atoms with Crippen LogP contribution in [0.4, 0.5) is 0 Å². The molecule has 0 bridgehead atoms. The minimum absolute atomic E-state index is 0.264. The number of hydrogen-bond donors (Lipinski definition) is 0. The number of ether oxygens (including phenoxy) is 2. The molecule has 1 aromatic heterocycles. The number of aryl methyl sites for hydroxylation is 1. The zero-order chi connectivity index (χ0) is 13.2. The first kappa shape index (κ1) is 12.6. The lowest BCUT2D eigenvalue weighted by Gasteiger charge is -2.18. The number of halogens is 1. The van der Waals surface area contributed by atoms with E-state index < -0.39 is 0 Å². The SMILES string of the molecule is Cc1cc(Sc2ccc3c(c2)OCCO3)nc(Cl)n1. The van der Waals surface area contributed by atoms with Crippen LogP contribution in [0, 0.1) is 6.92 Å². The van der Waals surface area contributed by atoms with E-state index in [4.69, 9.17) is 21.1 Å². The number of nitrogens with zero attached hydrogens (tertiary/aromatic N) is 2. The maximum atomic E-state index is 5.85. The second-order valence-electron chi connectivity index (χ2n) is 4.02. The summed E-state index contributed by atoms with van der Waals surface area (Å²) in [5, 5.41) is 1.08. The van der Waals surface area contributed by atoms with Crippen molar-refractivity contribution in [3.8, 4) is 11.5 Å². The maximum Gasteiger partial charge on any atom is 0.223 e. The monoisotopic (exact) mass is 294 g/mol. The summed E-state index contributed by atoms with van der Waals surface area (Å²) in [6, 6.07) is 7.73. The lowest BCUT2D eigenvalue weighted by molar-refractivity contribution is 0.171. The van der Waals surface area contributed by atoms with E-state index in [1.807, 2.05) is 31.2 Å². The van der Waals surface area contributed by atoms with E-state index in [0.717, 1.165) is 27.1 Å². The van der Waals surface area contributed by atoms with Gasteiger partial charge < -0.3 is 9.47 Å². The first-order valence-corrected chi connectivity index (χ1v) is 6.99. The Labute approximate surface area is 120 Å². The van der Waals surface area contributed by atoms with Gasteiger partial charge in [-0.1, -0.05) is 11.8 Å². The van der Waals surface area contributed by atoms with Crippen LogP contribution in [0.2, 0.25) is 5.28 Å². The van der Waals surface area contributed by atoms with Crippen molar-refractivity contribution in [1.82, 2.24) is 9.97 Å². The van der Waals surface area contributed by atoms with E-state index in [1.54, 1.807) is 0 Å². The van der Waals surface area contributed by atoms with Crippen LogP contribution in [0.25, 0.3) is 0 Å². The van der Waals surface area contributed by atoms with Crippen LogP contribution in [0.15, 0.2) is 34.2 Å². The summed E-state index contributed by atoms with van der Waals surface area (Å²) in [4.78, 5) is 9.26. The molecule has 98 valence electrons. The van der Waals surface area contributed by atoms with Crippen molar-refractivity contribution in [1.29, 1.82) is 0 Å². The molecule has 0 saturated carbocycles. The molecular weight excluding hydrogens is 284 g/mol. The van der Waals surface area contributed by atoms with Gasteiger partial charge in [0.15, 0.2) is 11.5 Å². The zero-order valence-corrected chi connectivity index (χ0v) is 11.8. The Morgan fingerprint density at radius 2 is 1.89 bits per heavy atom. The topological polar surface area (TPSA) is 44.2 Å². The third-order valence-corrected chi connectivity index (χ3v) is 3.62.